The number of allylic oxidation sites excluding steroid dienone is 8. The van der Waals surface area contributed by atoms with Crippen LogP contribution in [0.5, 0.6) is 0 Å². The number of aliphatic imine (C=N–C) groups is 1. The first kappa shape index (κ1) is 30.9. The number of hydrazone groups is 1. The van der Waals surface area contributed by atoms with Crippen LogP contribution in [-0.2, 0) is 4.79 Å². The fourth-order valence-corrected chi connectivity index (χ4v) is 5.86. The summed E-state index contributed by atoms with van der Waals surface area (Å²) in [6.45, 7) is 13.3. The molecule has 6 heteroatoms. The summed E-state index contributed by atoms with van der Waals surface area (Å²) in [5.41, 5.74) is 7.61. The Morgan fingerprint density at radius 2 is 2.05 bits per heavy atom. The van der Waals surface area contributed by atoms with Crippen molar-refractivity contribution < 1.29 is 4.79 Å². The van der Waals surface area contributed by atoms with Crippen LogP contribution in [-0.4, -0.2) is 41.3 Å². The Morgan fingerprint density at radius 3 is 2.69 bits per heavy atom. The van der Waals surface area contributed by atoms with Crippen molar-refractivity contribution in [1.29, 1.82) is 0 Å². The minimum atomic E-state index is -0.407. The van der Waals surface area contributed by atoms with Gasteiger partial charge in [0.1, 0.15) is 0 Å². The second kappa shape index (κ2) is 14.6. The normalized spacial score (nSPS) is 23.4. The van der Waals surface area contributed by atoms with E-state index in [2.05, 4.69) is 76.4 Å². The molecule has 0 spiro atoms. The number of amides is 1. The van der Waals surface area contributed by atoms with Crippen LogP contribution in [0.4, 0.5) is 0 Å². The first-order valence-electron chi connectivity index (χ1n) is 14.6. The molecule has 1 N–H and O–H groups in total. The van der Waals surface area contributed by atoms with Gasteiger partial charge in [0.05, 0.1) is 17.1 Å². The highest BCUT2D eigenvalue weighted by molar-refractivity contribution is 6.26. The molecule has 0 radical (unpaired) electrons. The number of hydrogen-bond acceptors (Lipinski definition) is 4. The van der Waals surface area contributed by atoms with E-state index in [1.54, 1.807) is 0 Å². The number of rotatable bonds is 10. The van der Waals surface area contributed by atoms with Crippen LogP contribution < -0.4 is 5.32 Å². The van der Waals surface area contributed by atoms with E-state index >= 15 is 0 Å². The van der Waals surface area contributed by atoms with E-state index in [-0.39, 0.29) is 11.9 Å². The summed E-state index contributed by atoms with van der Waals surface area (Å²) in [5.74, 6) is 0.901. The lowest BCUT2D eigenvalue weighted by Crippen LogP contribution is -2.38. The predicted octanol–water partition coefficient (Wildman–Crippen LogP) is 8.03. The first-order chi connectivity index (χ1) is 18.7. The van der Waals surface area contributed by atoms with Crippen molar-refractivity contribution in [2.24, 2.45) is 21.9 Å². The third-order valence-corrected chi connectivity index (χ3v) is 8.22. The monoisotopic (exact) mass is 550 g/mol. The second-order valence-corrected chi connectivity index (χ2v) is 11.7. The molecular weight excluding hydrogens is 504 g/mol. The Balaban J connectivity index is 1.80. The van der Waals surface area contributed by atoms with Crippen LogP contribution in [0.15, 0.2) is 80.2 Å². The lowest BCUT2D eigenvalue weighted by Gasteiger charge is -2.27. The van der Waals surface area contributed by atoms with Crippen LogP contribution in [0.2, 0.25) is 0 Å². The first-order valence-corrected chi connectivity index (χ1v) is 15.0. The summed E-state index contributed by atoms with van der Waals surface area (Å²) in [7, 11) is 1.86. The summed E-state index contributed by atoms with van der Waals surface area (Å²) in [4.78, 5) is 18.0. The van der Waals surface area contributed by atoms with Crippen LogP contribution in [0.25, 0.3) is 0 Å². The standard InChI is InChI=1S/C33H47ClN4O/c1-8-11-25(9-2)29(22(3)4)20-32(35-7)30-18-26(14-13-24(30)6)37-33(39)28-16-15-27(19-31(28)34)38-21-23(5)12-10-17-36-38/h13,15-18,20-22,25-26,31H,8-12,14,19H2,1-7H3,(H,37,39)/b29-20-,35-32?. The molecule has 212 valence electrons. The number of nitrogens with zero attached hydrogens (tertiary/aromatic N) is 3. The Morgan fingerprint density at radius 1 is 1.28 bits per heavy atom. The van der Waals surface area contributed by atoms with Crippen molar-refractivity contribution in [2.75, 3.05) is 7.05 Å². The van der Waals surface area contributed by atoms with Gasteiger partial charge in [-0.15, -0.1) is 11.6 Å². The fourth-order valence-electron chi connectivity index (χ4n) is 5.53. The molecule has 0 bridgehead atoms. The van der Waals surface area contributed by atoms with E-state index in [9.17, 15) is 4.79 Å². The number of alkyl halides is 1. The average Bonchev–Trinajstić information content (AvgIpc) is 3.13. The van der Waals surface area contributed by atoms with Gasteiger partial charge in [-0.25, -0.2) is 5.01 Å². The van der Waals surface area contributed by atoms with Gasteiger partial charge in [-0.1, -0.05) is 63.5 Å². The van der Waals surface area contributed by atoms with E-state index < -0.39 is 5.38 Å². The molecule has 3 aliphatic rings. The predicted molar refractivity (Wildman–Crippen MR) is 167 cm³/mol. The molecule has 0 aromatic heterocycles. The highest BCUT2D eigenvalue weighted by Gasteiger charge is 2.27. The number of nitrogens with one attached hydrogen (secondary N) is 1. The van der Waals surface area contributed by atoms with Crippen molar-refractivity contribution in [3.63, 3.8) is 0 Å². The van der Waals surface area contributed by atoms with Crippen LogP contribution >= 0.6 is 11.6 Å². The van der Waals surface area contributed by atoms with Crippen molar-refractivity contribution in [3.05, 3.63) is 70.1 Å². The van der Waals surface area contributed by atoms with Gasteiger partial charge < -0.3 is 5.32 Å². The molecule has 5 nitrogen and oxygen atoms in total. The maximum atomic E-state index is 13.3. The SMILES string of the molecule is CCCC(CC)/C(=C\C(=NC)C1=CC(NC(=O)C2=CC=C(N3C=C(C)CCC=N3)CC2Cl)CC=C1C)C(C)C. The third-order valence-electron chi connectivity index (χ3n) is 7.83. The van der Waals surface area contributed by atoms with Crippen molar-refractivity contribution in [2.45, 2.75) is 97.9 Å². The van der Waals surface area contributed by atoms with Gasteiger partial charge in [0, 0.05) is 42.7 Å². The topological polar surface area (TPSA) is 57.1 Å². The lowest BCUT2D eigenvalue weighted by molar-refractivity contribution is -0.118. The minimum absolute atomic E-state index is 0.114. The van der Waals surface area contributed by atoms with Crippen molar-refractivity contribution >= 4 is 29.4 Å². The van der Waals surface area contributed by atoms with Gasteiger partial charge in [-0.2, -0.15) is 5.10 Å². The zero-order valence-corrected chi connectivity index (χ0v) is 25.7. The van der Waals surface area contributed by atoms with Gasteiger partial charge in [0.15, 0.2) is 0 Å². The summed E-state index contributed by atoms with van der Waals surface area (Å²) in [6, 6.07) is -0.114. The van der Waals surface area contributed by atoms with Gasteiger partial charge in [0.25, 0.3) is 0 Å². The second-order valence-electron chi connectivity index (χ2n) is 11.2. The average molecular weight is 551 g/mol. The van der Waals surface area contributed by atoms with Gasteiger partial charge in [0.2, 0.25) is 5.91 Å². The molecule has 1 aliphatic heterocycles. The maximum Gasteiger partial charge on any atom is 0.249 e. The summed E-state index contributed by atoms with van der Waals surface area (Å²) >= 11 is 6.74. The quantitative estimate of drug-likeness (QED) is 0.221. The summed E-state index contributed by atoms with van der Waals surface area (Å²) < 4.78 is 0. The Kier molecular flexibility index (Phi) is 11.6. The van der Waals surface area contributed by atoms with Crippen LogP contribution in [0.3, 0.4) is 0 Å². The molecule has 3 rings (SSSR count). The molecule has 0 fully saturated rings. The number of hydrogen-bond donors (Lipinski definition) is 1. The van der Waals surface area contributed by atoms with Crippen molar-refractivity contribution in [3.8, 4) is 0 Å². The van der Waals surface area contributed by atoms with E-state index in [1.165, 1.54) is 29.6 Å². The van der Waals surface area contributed by atoms with Gasteiger partial charge in [-0.3, -0.25) is 9.79 Å². The van der Waals surface area contributed by atoms with Gasteiger partial charge >= 0.3 is 0 Å². The zero-order chi connectivity index (χ0) is 28.5. The molecular formula is C33H47ClN4O. The van der Waals surface area contributed by atoms with E-state index in [0.29, 0.717) is 23.8 Å². The van der Waals surface area contributed by atoms with E-state index in [0.717, 1.165) is 42.7 Å². The smallest absolute Gasteiger partial charge is 0.249 e. The molecule has 0 aromatic carbocycles. The minimum Gasteiger partial charge on any atom is -0.346 e. The van der Waals surface area contributed by atoms with Gasteiger partial charge in [-0.05, 0) is 75.5 Å². The van der Waals surface area contributed by atoms with E-state index in [4.69, 9.17) is 16.6 Å². The number of carbonyl (C=O) groups is 1. The Hall–Kier alpha value is -2.66. The molecule has 3 atom stereocenters. The maximum absolute atomic E-state index is 13.3. The highest BCUT2D eigenvalue weighted by atomic mass is 35.5. The molecule has 1 heterocycles. The fraction of sp³-hybridized carbons (Fsp3) is 0.545. The summed E-state index contributed by atoms with van der Waals surface area (Å²) in [5, 5.41) is 9.24. The molecule has 2 aliphatic carbocycles. The molecule has 0 aromatic rings. The molecule has 1 amide bonds. The Labute approximate surface area is 241 Å². The lowest BCUT2D eigenvalue weighted by atomic mass is 9.82. The molecule has 0 saturated heterocycles. The molecule has 0 saturated carbocycles. The number of halogens is 1. The van der Waals surface area contributed by atoms with Crippen LogP contribution in [0, 0.1) is 11.8 Å². The summed E-state index contributed by atoms with van der Waals surface area (Å²) in [6.07, 6.45) is 21.2. The Bertz CT molecular complexity index is 1150. The highest BCUT2D eigenvalue weighted by Crippen LogP contribution is 2.31. The van der Waals surface area contributed by atoms with Crippen LogP contribution in [0.1, 0.15) is 86.5 Å². The largest absolute Gasteiger partial charge is 0.346 e. The van der Waals surface area contributed by atoms with E-state index in [1.807, 2.05) is 30.4 Å². The molecule has 39 heavy (non-hydrogen) atoms. The molecule has 3 unspecified atom stereocenters. The third kappa shape index (κ3) is 8.17. The number of carbonyl (C=O) groups excluding carboxylic acids is 1. The van der Waals surface area contributed by atoms with Crippen molar-refractivity contribution in [1.82, 2.24) is 10.3 Å². The zero-order valence-electron chi connectivity index (χ0n) is 24.9.